The summed E-state index contributed by atoms with van der Waals surface area (Å²) in [5, 5.41) is 13.3. The lowest BCUT2D eigenvalue weighted by molar-refractivity contribution is -0.139. The molecule has 1 aliphatic rings. The molecule has 0 saturated carbocycles. The molecule has 0 fully saturated rings. The number of allylic oxidation sites excluding steroid dienone is 1. The van der Waals surface area contributed by atoms with Crippen molar-refractivity contribution in [1.29, 1.82) is 0 Å². The topological polar surface area (TPSA) is 96.9 Å². The maximum absolute atomic E-state index is 12.3. The summed E-state index contributed by atoms with van der Waals surface area (Å²) in [6, 6.07) is 4.14. The summed E-state index contributed by atoms with van der Waals surface area (Å²) in [5.41, 5.74) is 7.15. The summed E-state index contributed by atoms with van der Waals surface area (Å²) in [6.07, 6.45) is 0.544. The number of para-hydroxylation sites is 1. The Morgan fingerprint density at radius 3 is 2.86 bits per heavy atom. The first kappa shape index (κ1) is 16.2. The number of nitrogens with one attached hydrogen (secondary N) is 1. The minimum absolute atomic E-state index is 0.120. The minimum Gasteiger partial charge on any atom is -0.506 e. The van der Waals surface area contributed by atoms with Crippen LogP contribution in [0, 0.1) is 0 Å². The number of aromatic hydroxyl groups is 1. The van der Waals surface area contributed by atoms with Crippen molar-refractivity contribution in [3.63, 3.8) is 0 Å². The van der Waals surface area contributed by atoms with Crippen molar-refractivity contribution in [2.24, 2.45) is 10.7 Å². The van der Waals surface area contributed by atoms with Crippen molar-refractivity contribution in [3.05, 3.63) is 40.1 Å². The van der Waals surface area contributed by atoms with E-state index in [0.717, 1.165) is 0 Å². The van der Waals surface area contributed by atoms with Crippen LogP contribution in [0.1, 0.15) is 31.9 Å². The van der Waals surface area contributed by atoms with Gasteiger partial charge in [0.2, 0.25) is 0 Å². The molecule has 0 spiro atoms. The van der Waals surface area contributed by atoms with E-state index in [9.17, 15) is 9.90 Å². The van der Waals surface area contributed by atoms with Crippen LogP contribution in [0.25, 0.3) is 0 Å². The number of esters is 1. The van der Waals surface area contributed by atoms with E-state index in [1.54, 1.807) is 25.1 Å². The molecule has 0 aliphatic carbocycles. The van der Waals surface area contributed by atoms with E-state index in [2.05, 4.69) is 10.3 Å². The summed E-state index contributed by atoms with van der Waals surface area (Å²) in [5.74, 6) is -0.438. The maximum atomic E-state index is 12.3. The normalized spacial score (nSPS) is 17.8. The molecule has 1 aromatic carbocycles. The number of carbonyl (C=O) groups excluding carboxylic acids is 1. The van der Waals surface area contributed by atoms with Gasteiger partial charge in [0.05, 0.1) is 17.2 Å². The van der Waals surface area contributed by atoms with Crippen molar-refractivity contribution in [2.75, 3.05) is 6.61 Å². The van der Waals surface area contributed by atoms with Crippen LogP contribution in [0.3, 0.4) is 0 Å². The molecule has 0 bridgehead atoms. The van der Waals surface area contributed by atoms with E-state index in [1.807, 2.05) is 6.92 Å². The predicted octanol–water partition coefficient (Wildman–Crippen LogP) is 2.23. The Morgan fingerprint density at radius 1 is 1.50 bits per heavy atom. The van der Waals surface area contributed by atoms with Crippen molar-refractivity contribution >= 4 is 23.5 Å². The summed E-state index contributed by atoms with van der Waals surface area (Å²) in [4.78, 5) is 16.6. The fraction of sp³-hybridized carbons (Fsp3) is 0.333. The molecule has 7 heteroatoms. The first-order valence-electron chi connectivity index (χ1n) is 6.97. The number of phenols is 1. The Labute approximate surface area is 133 Å². The highest BCUT2D eigenvalue weighted by Gasteiger charge is 2.32. The molecule has 1 aliphatic heterocycles. The number of rotatable bonds is 4. The van der Waals surface area contributed by atoms with Crippen molar-refractivity contribution in [3.8, 4) is 5.75 Å². The highest BCUT2D eigenvalue weighted by molar-refractivity contribution is 6.32. The van der Waals surface area contributed by atoms with Crippen molar-refractivity contribution in [1.82, 2.24) is 5.32 Å². The molecular weight excluding hydrogens is 306 g/mol. The van der Waals surface area contributed by atoms with Crippen molar-refractivity contribution in [2.45, 2.75) is 26.3 Å². The number of nitrogens with two attached hydrogens (primary N) is 1. The number of ether oxygens (including phenoxy) is 1. The zero-order valence-corrected chi connectivity index (χ0v) is 13.1. The van der Waals surface area contributed by atoms with E-state index in [4.69, 9.17) is 22.1 Å². The van der Waals surface area contributed by atoms with Crippen LogP contribution >= 0.6 is 11.6 Å². The molecule has 22 heavy (non-hydrogen) atoms. The van der Waals surface area contributed by atoms with Gasteiger partial charge in [0.25, 0.3) is 0 Å². The van der Waals surface area contributed by atoms with E-state index in [0.29, 0.717) is 23.3 Å². The molecule has 0 saturated heterocycles. The smallest absolute Gasteiger partial charge is 0.338 e. The number of halogens is 1. The molecule has 118 valence electrons. The van der Waals surface area contributed by atoms with Gasteiger partial charge in [-0.05, 0) is 19.4 Å². The SMILES string of the molecule is CCOC(=O)C1=C(CC)NC(N)=NC1c1cccc(Cl)c1O. The molecule has 0 aromatic heterocycles. The van der Waals surface area contributed by atoms with Gasteiger partial charge in [0.15, 0.2) is 5.96 Å². The molecular formula is C15H18ClN3O3. The molecule has 2 rings (SSSR count). The summed E-state index contributed by atoms with van der Waals surface area (Å²) < 4.78 is 5.11. The molecule has 6 nitrogen and oxygen atoms in total. The van der Waals surface area contributed by atoms with Crippen LogP contribution < -0.4 is 11.1 Å². The van der Waals surface area contributed by atoms with E-state index >= 15 is 0 Å². The second kappa shape index (κ2) is 6.70. The third kappa shape index (κ3) is 3.01. The standard InChI is InChI=1S/C15H18ClN3O3/c1-3-10-11(14(21)22-4-2)12(19-15(17)18-10)8-6-5-7-9(16)13(8)20/h5-7,12,20H,3-4H2,1-2H3,(H3,17,18,19). The Balaban J connectivity index is 2.58. The molecule has 0 radical (unpaired) electrons. The average Bonchev–Trinajstić information content (AvgIpc) is 2.49. The Hall–Kier alpha value is -2.21. The van der Waals surface area contributed by atoms with Crippen LogP contribution in [0.2, 0.25) is 5.02 Å². The van der Waals surface area contributed by atoms with Crippen LogP contribution in [0.15, 0.2) is 34.5 Å². The number of benzene rings is 1. The maximum Gasteiger partial charge on any atom is 0.338 e. The van der Waals surface area contributed by atoms with Gasteiger partial charge in [-0.15, -0.1) is 0 Å². The number of carbonyl (C=O) groups is 1. The molecule has 1 unspecified atom stereocenters. The predicted molar refractivity (Wildman–Crippen MR) is 84.6 cm³/mol. The van der Waals surface area contributed by atoms with Gasteiger partial charge in [-0.3, -0.25) is 0 Å². The van der Waals surface area contributed by atoms with Gasteiger partial charge < -0.3 is 20.9 Å². The van der Waals surface area contributed by atoms with Gasteiger partial charge >= 0.3 is 5.97 Å². The van der Waals surface area contributed by atoms with Gasteiger partial charge in [0, 0.05) is 11.3 Å². The summed E-state index contributed by atoms with van der Waals surface area (Å²) in [7, 11) is 0. The van der Waals surface area contributed by atoms with Crippen LogP contribution in [0.5, 0.6) is 5.75 Å². The van der Waals surface area contributed by atoms with E-state index < -0.39 is 12.0 Å². The Morgan fingerprint density at radius 2 is 2.23 bits per heavy atom. The lowest BCUT2D eigenvalue weighted by atomic mass is 9.94. The quantitative estimate of drug-likeness (QED) is 0.738. The summed E-state index contributed by atoms with van der Waals surface area (Å²) >= 11 is 5.95. The fourth-order valence-corrected chi connectivity index (χ4v) is 2.50. The van der Waals surface area contributed by atoms with Gasteiger partial charge in [0.1, 0.15) is 11.8 Å². The number of hydrogen-bond donors (Lipinski definition) is 3. The largest absolute Gasteiger partial charge is 0.506 e. The lowest BCUT2D eigenvalue weighted by Crippen LogP contribution is -2.38. The third-order valence-electron chi connectivity index (χ3n) is 3.31. The zero-order chi connectivity index (χ0) is 16.3. The second-order valence-corrected chi connectivity index (χ2v) is 5.09. The average molecular weight is 324 g/mol. The number of guanidine groups is 1. The van der Waals surface area contributed by atoms with Gasteiger partial charge in [-0.2, -0.15) is 0 Å². The van der Waals surface area contributed by atoms with Crippen LogP contribution in [-0.2, 0) is 9.53 Å². The zero-order valence-electron chi connectivity index (χ0n) is 12.4. The van der Waals surface area contributed by atoms with Gasteiger partial charge in [-0.1, -0.05) is 30.7 Å². The first-order valence-corrected chi connectivity index (χ1v) is 7.35. The second-order valence-electron chi connectivity index (χ2n) is 4.69. The van der Waals surface area contributed by atoms with Crippen LogP contribution in [-0.4, -0.2) is 23.6 Å². The molecule has 0 amide bonds. The number of aliphatic imine (C=N–C) groups is 1. The van der Waals surface area contributed by atoms with E-state index in [1.165, 1.54) is 0 Å². The highest BCUT2D eigenvalue weighted by atomic mass is 35.5. The van der Waals surface area contributed by atoms with Crippen molar-refractivity contribution < 1.29 is 14.6 Å². The number of nitrogens with zero attached hydrogens (tertiary/aromatic N) is 1. The Kier molecular flexibility index (Phi) is 4.92. The lowest BCUT2D eigenvalue weighted by Gasteiger charge is -2.26. The molecule has 1 atom stereocenters. The first-order chi connectivity index (χ1) is 10.5. The van der Waals surface area contributed by atoms with Crippen LogP contribution in [0.4, 0.5) is 0 Å². The molecule has 1 heterocycles. The fourth-order valence-electron chi connectivity index (χ4n) is 2.32. The monoisotopic (exact) mass is 323 g/mol. The molecule has 4 N–H and O–H groups in total. The summed E-state index contributed by atoms with van der Waals surface area (Å²) in [6.45, 7) is 3.85. The Bertz CT molecular complexity index is 655. The number of hydrogen-bond acceptors (Lipinski definition) is 6. The minimum atomic E-state index is -0.756. The molecule has 1 aromatic rings. The van der Waals surface area contributed by atoms with Gasteiger partial charge in [-0.25, -0.2) is 9.79 Å². The third-order valence-corrected chi connectivity index (χ3v) is 3.61. The number of phenolic OH excluding ortho intramolecular Hbond substituents is 1. The highest BCUT2D eigenvalue weighted by Crippen LogP contribution is 2.39. The van der Waals surface area contributed by atoms with E-state index in [-0.39, 0.29) is 23.3 Å².